The van der Waals surface area contributed by atoms with Crippen LogP contribution in [0.4, 0.5) is 0 Å². The number of carbonyl (C=O) groups excluding carboxylic acids is 1. The Morgan fingerprint density at radius 2 is 2.07 bits per heavy atom. The second kappa shape index (κ2) is 7.00. The molecular formula is C22H24N6O. The van der Waals surface area contributed by atoms with E-state index in [0.717, 1.165) is 46.2 Å². The summed E-state index contributed by atoms with van der Waals surface area (Å²) in [5.74, 6) is 0.263. The molecule has 7 nitrogen and oxygen atoms in total. The number of aryl methyl sites for hydroxylation is 1. The number of nitrogens with zero attached hydrogens (tertiary/aromatic N) is 4. The second-order valence-corrected chi connectivity index (χ2v) is 7.68. The minimum Gasteiger partial charge on any atom is -0.350 e. The van der Waals surface area contributed by atoms with Gasteiger partial charge in [-0.15, -0.1) is 0 Å². The fourth-order valence-electron chi connectivity index (χ4n) is 4.44. The molecule has 4 heterocycles. The molecule has 5 rings (SSSR count). The molecule has 148 valence electrons. The van der Waals surface area contributed by atoms with Crippen LogP contribution in [0, 0.1) is 6.92 Å². The van der Waals surface area contributed by atoms with Crippen LogP contribution in [0.15, 0.2) is 42.6 Å². The zero-order valence-electron chi connectivity index (χ0n) is 16.4. The lowest BCUT2D eigenvalue weighted by Crippen LogP contribution is -2.29. The molecule has 0 saturated carbocycles. The number of H-pyrrole nitrogens is 1. The number of rotatable bonds is 4. The Hall–Kier alpha value is -3.19. The van der Waals surface area contributed by atoms with Crippen LogP contribution in [-0.4, -0.2) is 50.2 Å². The summed E-state index contributed by atoms with van der Waals surface area (Å²) in [5.41, 5.74) is 10.3. The Bertz CT molecular complexity index is 1210. The maximum absolute atomic E-state index is 13.2. The van der Waals surface area contributed by atoms with Crippen molar-refractivity contribution in [3.8, 4) is 0 Å². The number of pyridine rings is 1. The third kappa shape index (κ3) is 2.89. The number of likely N-dealkylation sites (tertiary alicyclic amines) is 1. The third-order valence-corrected chi connectivity index (χ3v) is 5.92. The van der Waals surface area contributed by atoms with E-state index in [4.69, 9.17) is 10.8 Å². The van der Waals surface area contributed by atoms with Gasteiger partial charge in [0.15, 0.2) is 5.65 Å². The number of hydrogen-bond acceptors (Lipinski definition) is 4. The van der Waals surface area contributed by atoms with Gasteiger partial charge in [0.25, 0.3) is 5.91 Å². The van der Waals surface area contributed by atoms with Gasteiger partial charge in [0, 0.05) is 48.0 Å². The quantitative estimate of drug-likeness (QED) is 0.562. The maximum atomic E-state index is 13.2. The predicted molar refractivity (Wildman–Crippen MR) is 113 cm³/mol. The number of hydrogen-bond donors (Lipinski definition) is 2. The first-order valence-electron chi connectivity index (χ1n) is 10.1. The van der Waals surface area contributed by atoms with Crippen molar-refractivity contribution < 1.29 is 4.79 Å². The summed E-state index contributed by atoms with van der Waals surface area (Å²) in [4.78, 5) is 23.0. The van der Waals surface area contributed by atoms with Gasteiger partial charge in [-0.05, 0) is 37.1 Å². The van der Waals surface area contributed by atoms with Gasteiger partial charge >= 0.3 is 0 Å². The van der Waals surface area contributed by atoms with Crippen LogP contribution in [0.1, 0.15) is 34.1 Å². The Labute approximate surface area is 168 Å². The molecule has 1 atom stereocenters. The number of aromatic nitrogens is 4. The average molecular weight is 388 g/mol. The summed E-state index contributed by atoms with van der Waals surface area (Å²) < 4.78 is 1.89. The second-order valence-electron chi connectivity index (χ2n) is 7.68. The molecule has 1 aliphatic rings. The van der Waals surface area contributed by atoms with Crippen molar-refractivity contribution in [2.24, 2.45) is 5.73 Å². The Balaban J connectivity index is 1.43. The van der Waals surface area contributed by atoms with E-state index in [-0.39, 0.29) is 11.8 Å². The topological polar surface area (TPSA) is 92.8 Å². The summed E-state index contributed by atoms with van der Waals surface area (Å²) >= 11 is 0. The van der Waals surface area contributed by atoms with E-state index in [2.05, 4.69) is 16.0 Å². The Morgan fingerprint density at radius 3 is 2.90 bits per heavy atom. The SMILES string of the molecule is Cc1c(C(=O)N2CC[C@H](c3nn(CCN)c4ncccc34)C2)[nH]c2ccccc12. The molecule has 0 unspecified atom stereocenters. The lowest BCUT2D eigenvalue weighted by molar-refractivity contribution is 0.0785. The number of para-hydroxylation sites is 1. The number of amides is 1. The molecule has 3 aromatic heterocycles. The fraction of sp³-hybridized carbons (Fsp3) is 0.318. The Morgan fingerprint density at radius 1 is 1.24 bits per heavy atom. The Kier molecular flexibility index (Phi) is 4.32. The first-order chi connectivity index (χ1) is 14.2. The van der Waals surface area contributed by atoms with Gasteiger partial charge in [-0.1, -0.05) is 18.2 Å². The number of nitrogens with one attached hydrogen (secondary N) is 1. The average Bonchev–Trinajstić information content (AvgIpc) is 3.45. The molecule has 4 aromatic rings. The van der Waals surface area contributed by atoms with Crippen LogP contribution < -0.4 is 5.73 Å². The summed E-state index contributed by atoms with van der Waals surface area (Å²) in [7, 11) is 0. The smallest absolute Gasteiger partial charge is 0.270 e. The minimum absolute atomic E-state index is 0.0602. The highest BCUT2D eigenvalue weighted by molar-refractivity contribution is 6.01. The fourth-order valence-corrected chi connectivity index (χ4v) is 4.44. The molecule has 0 radical (unpaired) electrons. The van der Waals surface area contributed by atoms with Crippen LogP contribution in [0.3, 0.4) is 0 Å². The van der Waals surface area contributed by atoms with Crippen molar-refractivity contribution in [2.75, 3.05) is 19.6 Å². The van der Waals surface area contributed by atoms with Crippen LogP contribution in [-0.2, 0) is 6.54 Å². The maximum Gasteiger partial charge on any atom is 0.270 e. The molecular weight excluding hydrogens is 364 g/mol. The highest BCUT2D eigenvalue weighted by atomic mass is 16.2. The number of fused-ring (bicyclic) bond motifs is 2. The van der Waals surface area contributed by atoms with Crippen molar-refractivity contribution in [3.63, 3.8) is 0 Å². The molecule has 1 fully saturated rings. The van der Waals surface area contributed by atoms with Crippen LogP contribution in [0.2, 0.25) is 0 Å². The van der Waals surface area contributed by atoms with Gasteiger partial charge in [0.05, 0.1) is 12.2 Å². The van der Waals surface area contributed by atoms with E-state index < -0.39 is 0 Å². The molecule has 0 aliphatic carbocycles. The predicted octanol–water partition coefficient (Wildman–Crippen LogP) is 2.81. The number of benzene rings is 1. The van der Waals surface area contributed by atoms with Gasteiger partial charge in [0.2, 0.25) is 0 Å². The molecule has 0 spiro atoms. The molecule has 29 heavy (non-hydrogen) atoms. The van der Waals surface area contributed by atoms with Crippen molar-refractivity contribution >= 4 is 27.8 Å². The highest BCUT2D eigenvalue weighted by Crippen LogP contribution is 2.32. The summed E-state index contributed by atoms with van der Waals surface area (Å²) in [6.07, 6.45) is 2.68. The molecule has 1 aromatic carbocycles. The van der Waals surface area contributed by atoms with E-state index in [0.29, 0.717) is 25.3 Å². The highest BCUT2D eigenvalue weighted by Gasteiger charge is 2.32. The van der Waals surface area contributed by atoms with E-state index in [1.54, 1.807) is 6.20 Å². The van der Waals surface area contributed by atoms with Crippen LogP contribution in [0.5, 0.6) is 0 Å². The zero-order chi connectivity index (χ0) is 20.0. The molecule has 3 N–H and O–H groups in total. The summed E-state index contributed by atoms with van der Waals surface area (Å²) in [6, 6.07) is 12.0. The summed E-state index contributed by atoms with van der Waals surface area (Å²) in [5, 5.41) is 6.97. The van der Waals surface area contributed by atoms with Gasteiger partial charge in [-0.3, -0.25) is 4.79 Å². The number of aromatic amines is 1. The normalized spacial score (nSPS) is 16.9. The lowest BCUT2D eigenvalue weighted by atomic mass is 10.0. The van der Waals surface area contributed by atoms with Crippen molar-refractivity contribution in [2.45, 2.75) is 25.8 Å². The molecule has 0 bridgehead atoms. The van der Waals surface area contributed by atoms with E-state index in [9.17, 15) is 4.79 Å². The monoisotopic (exact) mass is 388 g/mol. The first-order valence-corrected chi connectivity index (χ1v) is 10.1. The third-order valence-electron chi connectivity index (χ3n) is 5.92. The summed E-state index contributed by atoms with van der Waals surface area (Å²) in [6.45, 7) is 4.55. The standard InChI is InChI=1S/C22H24N6O/c1-14-16-5-2-3-7-18(16)25-19(14)22(29)27-11-8-15(13-27)20-17-6-4-10-24-21(17)28(26-20)12-9-23/h2-7,10,15,25H,8-9,11-13,23H2,1H3/t15-/m0/s1. The van der Waals surface area contributed by atoms with E-state index in [1.807, 2.05) is 46.8 Å². The minimum atomic E-state index is 0.0602. The van der Waals surface area contributed by atoms with Crippen LogP contribution >= 0.6 is 0 Å². The van der Waals surface area contributed by atoms with Crippen LogP contribution in [0.25, 0.3) is 21.9 Å². The molecule has 1 saturated heterocycles. The lowest BCUT2D eigenvalue weighted by Gasteiger charge is -2.16. The van der Waals surface area contributed by atoms with Gasteiger partial charge in [-0.2, -0.15) is 5.10 Å². The van der Waals surface area contributed by atoms with Gasteiger partial charge in [0.1, 0.15) is 5.69 Å². The zero-order valence-corrected chi connectivity index (χ0v) is 16.4. The molecule has 1 aliphatic heterocycles. The van der Waals surface area contributed by atoms with Crippen molar-refractivity contribution in [3.05, 3.63) is 59.5 Å². The van der Waals surface area contributed by atoms with Crippen molar-refractivity contribution in [1.29, 1.82) is 0 Å². The van der Waals surface area contributed by atoms with Gasteiger partial charge in [-0.25, -0.2) is 9.67 Å². The largest absolute Gasteiger partial charge is 0.350 e. The molecule has 7 heteroatoms. The van der Waals surface area contributed by atoms with Gasteiger partial charge < -0.3 is 15.6 Å². The number of nitrogens with two attached hydrogens (primary N) is 1. The van der Waals surface area contributed by atoms with Crippen molar-refractivity contribution in [1.82, 2.24) is 24.6 Å². The molecule has 1 amide bonds. The first kappa shape index (κ1) is 17.9. The van der Waals surface area contributed by atoms with E-state index in [1.165, 1.54) is 0 Å². The van der Waals surface area contributed by atoms with E-state index >= 15 is 0 Å². The number of carbonyl (C=O) groups is 1.